The third kappa shape index (κ3) is 5.60. The second-order valence-corrected chi connectivity index (χ2v) is 3.36. The fraction of sp³-hybridized carbons (Fsp3) is 0.364. The number of benzene rings is 1. The first-order valence-corrected chi connectivity index (χ1v) is 4.93. The van der Waals surface area contributed by atoms with E-state index in [1.807, 2.05) is 6.07 Å². The van der Waals surface area contributed by atoms with Crippen LogP contribution in [0.1, 0.15) is 5.56 Å². The lowest BCUT2D eigenvalue weighted by atomic mass is 10.2. The van der Waals surface area contributed by atoms with Crippen molar-refractivity contribution >= 4 is 18.3 Å². The SMILES string of the molecule is Cl.NCC(=O)N(Cc1ccccc1)CC(F)F. The van der Waals surface area contributed by atoms with Crippen LogP contribution in [0.3, 0.4) is 0 Å². The van der Waals surface area contributed by atoms with E-state index < -0.39 is 18.9 Å². The van der Waals surface area contributed by atoms with Gasteiger partial charge in [0, 0.05) is 6.54 Å². The molecule has 0 aromatic heterocycles. The quantitative estimate of drug-likeness (QED) is 0.879. The predicted octanol–water partition coefficient (Wildman–Crippen LogP) is 1.66. The first kappa shape index (κ1) is 15.8. The van der Waals surface area contributed by atoms with Gasteiger partial charge in [-0.05, 0) is 5.56 Å². The highest BCUT2D eigenvalue weighted by Gasteiger charge is 2.16. The topological polar surface area (TPSA) is 46.3 Å². The van der Waals surface area contributed by atoms with Crippen LogP contribution < -0.4 is 5.73 Å². The van der Waals surface area contributed by atoms with E-state index >= 15 is 0 Å². The predicted molar refractivity (Wildman–Crippen MR) is 64.2 cm³/mol. The van der Waals surface area contributed by atoms with Crippen molar-refractivity contribution in [2.75, 3.05) is 13.1 Å². The van der Waals surface area contributed by atoms with E-state index in [2.05, 4.69) is 0 Å². The van der Waals surface area contributed by atoms with Crippen molar-refractivity contribution in [2.24, 2.45) is 5.73 Å². The molecule has 1 amide bonds. The molecule has 0 heterocycles. The number of amides is 1. The lowest BCUT2D eigenvalue weighted by molar-refractivity contribution is -0.132. The van der Waals surface area contributed by atoms with Crippen LogP contribution in [-0.4, -0.2) is 30.3 Å². The number of nitrogens with two attached hydrogens (primary N) is 1. The zero-order chi connectivity index (χ0) is 12.0. The number of nitrogens with zero attached hydrogens (tertiary/aromatic N) is 1. The fourth-order valence-electron chi connectivity index (χ4n) is 1.35. The molecular formula is C11H15ClF2N2O. The Bertz CT molecular complexity index is 336. The van der Waals surface area contributed by atoms with Gasteiger partial charge in [0.1, 0.15) is 0 Å². The van der Waals surface area contributed by atoms with E-state index in [-0.39, 0.29) is 25.5 Å². The molecule has 0 radical (unpaired) electrons. The van der Waals surface area contributed by atoms with E-state index in [4.69, 9.17) is 5.73 Å². The van der Waals surface area contributed by atoms with Gasteiger partial charge in [-0.25, -0.2) is 8.78 Å². The molecule has 0 aliphatic carbocycles. The molecule has 3 nitrogen and oxygen atoms in total. The van der Waals surface area contributed by atoms with Crippen LogP contribution in [0.15, 0.2) is 30.3 Å². The summed E-state index contributed by atoms with van der Waals surface area (Å²) in [7, 11) is 0. The molecule has 0 saturated carbocycles. The van der Waals surface area contributed by atoms with Gasteiger partial charge in [0.2, 0.25) is 5.91 Å². The zero-order valence-corrected chi connectivity index (χ0v) is 10.00. The van der Waals surface area contributed by atoms with E-state index in [9.17, 15) is 13.6 Å². The Hall–Kier alpha value is -1.20. The third-order valence-electron chi connectivity index (χ3n) is 2.10. The molecule has 0 bridgehead atoms. The van der Waals surface area contributed by atoms with Crippen LogP contribution >= 0.6 is 12.4 Å². The van der Waals surface area contributed by atoms with Crippen molar-refractivity contribution in [3.63, 3.8) is 0 Å². The lowest BCUT2D eigenvalue weighted by Gasteiger charge is -2.21. The van der Waals surface area contributed by atoms with Crippen LogP contribution in [0, 0.1) is 0 Å². The summed E-state index contributed by atoms with van der Waals surface area (Å²) >= 11 is 0. The summed E-state index contributed by atoms with van der Waals surface area (Å²) in [5, 5.41) is 0. The van der Waals surface area contributed by atoms with Gasteiger partial charge in [-0.3, -0.25) is 4.79 Å². The summed E-state index contributed by atoms with van der Waals surface area (Å²) in [5.41, 5.74) is 5.98. The molecule has 0 aliphatic heterocycles. The lowest BCUT2D eigenvalue weighted by Crippen LogP contribution is -2.38. The molecule has 1 aromatic carbocycles. The Labute approximate surface area is 105 Å². The van der Waals surface area contributed by atoms with Crippen molar-refractivity contribution in [3.05, 3.63) is 35.9 Å². The molecule has 1 rings (SSSR count). The van der Waals surface area contributed by atoms with Gasteiger partial charge in [0.15, 0.2) is 0 Å². The van der Waals surface area contributed by atoms with Gasteiger partial charge < -0.3 is 10.6 Å². The summed E-state index contributed by atoms with van der Waals surface area (Å²) in [6.45, 7) is -0.661. The van der Waals surface area contributed by atoms with Gasteiger partial charge >= 0.3 is 0 Å². The molecule has 17 heavy (non-hydrogen) atoms. The van der Waals surface area contributed by atoms with Crippen LogP contribution in [0.4, 0.5) is 8.78 Å². The summed E-state index contributed by atoms with van der Waals surface area (Å²) in [6.07, 6.45) is -2.54. The number of carbonyl (C=O) groups is 1. The van der Waals surface area contributed by atoms with Gasteiger partial charge in [-0.1, -0.05) is 30.3 Å². The number of rotatable bonds is 5. The second kappa shape index (κ2) is 7.97. The molecular weight excluding hydrogens is 250 g/mol. The highest BCUT2D eigenvalue weighted by Crippen LogP contribution is 2.07. The first-order valence-electron chi connectivity index (χ1n) is 4.93. The number of hydrogen-bond acceptors (Lipinski definition) is 2. The molecule has 6 heteroatoms. The minimum absolute atomic E-state index is 0. The van der Waals surface area contributed by atoms with Crippen LogP contribution in [0.5, 0.6) is 0 Å². The molecule has 0 atom stereocenters. The fourth-order valence-corrected chi connectivity index (χ4v) is 1.35. The zero-order valence-electron chi connectivity index (χ0n) is 9.18. The second-order valence-electron chi connectivity index (χ2n) is 3.36. The minimum atomic E-state index is -2.54. The molecule has 0 saturated heterocycles. The van der Waals surface area contributed by atoms with Gasteiger partial charge in [-0.15, -0.1) is 12.4 Å². The normalized spacial score (nSPS) is 9.88. The standard InChI is InChI=1S/C11H14F2N2O.ClH/c12-10(13)8-15(11(16)6-14)7-9-4-2-1-3-5-9;/h1-5,10H,6-8,14H2;1H. The third-order valence-corrected chi connectivity index (χ3v) is 2.10. The average Bonchev–Trinajstić information content (AvgIpc) is 2.28. The maximum atomic E-state index is 12.2. The minimum Gasteiger partial charge on any atom is -0.332 e. The van der Waals surface area contributed by atoms with Gasteiger partial charge in [-0.2, -0.15) is 0 Å². The molecule has 0 unspecified atom stereocenters. The number of alkyl halides is 2. The smallest absolute Gasteiger partial charge is 0.255 e. The molecule has 0 spiro atoms. The number of hydrogen-bond donors (Lipinski definition) is 1. The van der Waals surface area contributed by atoms with Gasteiger partial charge in [0.05, 0.1) is 13.1 Å². The highest BCUT2D eigenvalue weighted by molar-refractivity contribution is 5.85. The summed E-state index contributed by atoms with van der Waals surface area (Å²) in [5.74, 6) is -0.468. The number of carbonyl (C=O) groups excluding carboxylic acids is 1. The van der Waals surface area contributed by atoms with Crippen molar-refractivity contribution in [1.29, 1.82) is 0 Å². The van der Waals surface area contributed by atoms with Crippen molar-refractivity contribution in [2.45, 2.75) is 13.0 Å². The van der Waals surface area contributed by atoms with Crippen molar-refractivity contribution in [1.82, 2.24) is 4.90 Å². The first-order chi connectivity index (χ1) is 7.63. The summed E-state index contributed by atoms with van der Waals surface area (Å²) in [6, 6.07) is 8.97. The summed E-state index contributed by atoms with van der Waals surface area (Å²) < 4.78 is 24.5. The molecule has 0 fully saturated rings. The number of halogens is 3. The molecule has 0 aliphatic rings. The van der Waals surface area contributed by atoms with Crippen LogP contribution in [-0.2, 0) is 11.3 Å². The Morgan fingerprint density at radius 1 is 1.29 bits per heavy atom. The highest BCUT2D eigenvalue weighted by atomic mass is 35.5. The molecule has 2 N–H and O–H groups in total. The van der Waals surface area contributed by atoms with Gasteiger partial charge in [0.25, 0.3) is 6.43 Å². The Morgan fingerprint density at radius 2 is 1.88 bits per heavy atom. The van der Waals surface area contributed by atoms with E-state index in [0.717, 1.165) is 10.5 Å². The Kier molecular flexibility index (Phi) is 7.41. The Morgan fingerprint density at radius 3 is 2.35 bits per heavy atom. The Balaban J connectivity index is 0.00000256. The average molecular weight is 265 g/mol. The monoisotopic (exact) mass is 264 g/mol. The van der Waals surface area contributed by atoms with E-state index in [0.29, 0.717) is 0 Å². The maximum absolute atomic E-state index is 12.2. The van der Waals surface area contributed by atoms with Crippen molar-refractivity contribution < 1.29 is 13.6 Å². The van der Waals surface area contributed by atoms with Crippen LogP contribution in [0.2, 0.25) is 0 Å². The largest absolute Gasteiger partial charge is 0.332 e. The van der Waals surface area contributed by atoms with Crippen LogP contribution in [0.25, 0.3) is 0 Å². The van der Waals surface area contributed by atoms with Crippen molar-refractivity contribution in [3.8, 4) is 0 Å². The summed E-state index contributed by atoms with van der Waals surface area (Å²) in [4.78, 5) is 12.4. The maximum Gasteiger partial charge on any atom is 0.255 e. The van der Waals surface area contributed by atoms with E-state index in [1.54, 1.807) is 24.3 Å². The molecule has 1 aromatic rings. The van der Waals surface area contributed by atoms with E-state index in [1.165, 1.54) is 0 Å². The molecule has 96 valence electrons.